The van der Waals surface area contributed by atoms with Gasteiger partial charge in [-0.1, -0.05) is 42.0 Å². The van der Waals surface area contributed by atoms with Crippen LogP contribution in [-0.4, -0.2) is 10.1 Å². The third-order valence-corrected chi connectivity index (χ3v) is 4.47. The highest BCUT2D eigenvalue weighted by Crippen LogP contribution is 2.24. The molecule has 3 aromatic rings. The van der Waals surface area contributed by atoms with Crippen LogP contribution in [0.1, 0.15) is 11.3 Å². The van der Waals surface area contributed by atoms with E-state index in [4.69, 9.17) is 12.2 Å². The van der Waals surface area contributed by atoms with Crippen molar-refractivity contribution in [3.63, 3.8) is 0 Å². The number of aryl methyl sites for hydroxylation is 1. The summed E-state index contributed by atoms with van der Waals surface area (Å²) >= 11 is 6.96. The molecule has 0 saturated carbocycles. The van der Waals surface area contributed by atoms with Gasteiger partial charge in [0.1, 0.15) is 5.01 Å². The minimum Gasteiger partial charge on any atom is -0.357 e. The maximum absolute atomic E-state index is 5.31. The highest BCUT2D eigenvalue weighted by Gasteiger charge is 2.05. The van der Waals surface area contributed by atoms with Crippen LogP contribution in [0.2, 0.25) is 0 Å². The van der Waals surface area contributed by atoms with Crippen molar-refractivity contribution in [2.75, 3.05) is 5.32 Å². The summed E-state index contributed by atoms with van der Waals surface area (Å²) in [6.45, 7) is 2.70. The SMILES string of the molecule is Cc1cccc(-c2nc(CNC(=S)Nc3ccccc3)cs2)c1. The number of para-hydroxylation sites is 1. The van der Waals surface area contributed by atoms with Crippen molar-refractivity contribution >= 4 is 34.4 Å². The zero-order valence-corrected chi connectivity index (χ0v) is 14.4. The molecule has 0 atom stereocenters. The lowest BCUT2D eigenvalue weighted by Crippen LogP contribution is -2.27. The molecule has 0 saturated heterocycles. The summed E-state index contributed by atoms with van der Waals surface area (Å²) in [5, 5.41) is 10.0. The number of nitrogens with zero attached hydrogens (tertiary/aromatic N) is 1. The van der Waals surface area contributed by atoms with Crippen LogP contribution in [0.4, 0.5) is 5.69 Å². The Balaban J connectivity index is 1.58. The van der Waals surface area contributed by atoms with Crippen LogP contribution in [0.25, 0.3) is 10.6 Å². The van der Waals surface area contributed by atoms with E-state index in [-0.39, 0.29) is 0 Å². The standard InChI is InChI=1S/C18H17N3S2/c1-13-6-5-7-14(10-13)17-20-16(12-23-17)11-19-18(22)21-15-8-3-2-4-9-15/h2-10,12H,11H2,1H3,(H2,19,21,22). The van der Waals surface area contributed by atoms with Gasteiger partial charge in [-0.3, -0.25) is 0 Å². The third kappa shape index (κ3) is 4.37. The van der Waals surface area contributed by atoms with E-state index in [9.17, 15) is 0 Å². The maximum atomic E-state index is 5.31. The minimum absolute atomic E-state index is 0.598. The van der Waals surface area contributed by atoms with Crippen LogP contribution in [0.3, 0.4) is 0 Å². The van der Waals surface area contributed by atoms with Gasteiger partial charge in [0.15, 0.2) is 5.11 Å². The summed E-state index contributed by atoms with van der Waals surface area (Å²) in [6, 6.07) is 18.3. The van der Waals surface area contributed by atoms with E-state index in [0.717, 1.165) is 22.0 Å². The van der Waals surface area contributed by atoms with Crippen LogP contribution in [0.15, 0.2) is 60.0 Å². The zero-order chi connectivity index (χ0) is 16.1. The molecule has 0 spiro atoms. The van der Waals surface area contributed by atoms with Crippen molar-refractivity contribution < 1.29 is 0 Å². The van der Waals surface area contributed by atoms with Crippen LogP contribution < -0.4 is 10.6 Å². The summed E-state index contributed by atoms with van der Waals surface area (Å²) < 4.78 is 0. The van der Waals surface area contributed by atoms with Crippen molar-refractivity contribution in [1.29, 1.82) is 0 Å². The average molecular weight is 339 g/mol. The first kappa shape index (κ1) is 15.6. The van der Waals surface area contributed by atoms with Crippen LogP contribution >= 0.6 is 23.6 Å². The Morgan fingerprint density at radius 2 is 1.96 bits per heavy atom. The van der Waals surface area contributed by atoms with E-state index in [0.29, 0.717) is 11.7 Å². The summed E-state index contributed by atoms with van der Waals surface area (Å²) in [7, 11) is 0. The van der Waals surface area contributed by atoms with Crippen LogP contribution in [-0.2, 0) is 6.54 Å². The molecule has 0 unspecified atom stereocenters. The highest BCUT2D eigenvalue weighted by atomic mass is 32.1. The Hall–Kier alpha value is -2.24. The first-order valence-corrected chi connectivity index (χ1v) is 8.61. The van der Waals surface area contributed by atoms with Gasteiger partial charge in [0.25, 0.3) is 0 Å². The number of rotatable bonds is 4. The second kappa shape index (κ2) is 7.35. The first-order valence-electron chi connectivity index (χ1n) is 7.32. The molecule has 0 amide bonds. The molecule has 2 N–H and O–H groups in total. The number of hydrogen-bond donors (Lipinski definition) is 2. The largest absolute Gasteiger partial charge is 0.357 e. The van der Waals surface area contributed by atoms with E-state index in [1.807, 2.05) is 30.3 Å². The van der Waals surface area contributed by atoms with E-state index >= 15 is 0 Å². The number of thiazole rings is 1. The quantitative estimate of drug-likeness (QED) is 0.681. The molecule has 3 nitrogen and oxygen atoms in total. The highest BCUT2D eigenvalue weighted by molar-refractivity contribution is 7.80. The fraction of sp³-hybridized carbons (Fsp3) is 0.111. The Kier molecular flexibility index (Phi) is 5.00. The molecule has 0 radical (unpaired) electrons. The molecule has 1 heterocycles. The molecule has 0 aliphatic rings. The number of hydrogen-bond acceptors (Lipinski definition) is 3. The second-order valence-electron chi connectivity index (χ2n) is 5.19. The molecular weight excluding hydrogens is 322 g/mol. The third-order valence-electron chi connectivity index (χ3n) is 3.28. The molecule has 3 rings (SSSR count). The van der Waals surface area contributed by atoms with Gasteiger partial charge in [-0.25, -0.2) is 4.98 Å². The lowest BCUT2D eigenvalue weighted by Gasteiger charge is -2.09. The topological polar surface area (TPSA) is 37.0 Å². The van der Waals surface area contributed by atoms with Crippen molar-refractivity contribution in [2.45, 2.75) is 13.5 Å². The summed E-state index contributed by atoms with van der Waals surface area (Å²) in [5.41, 5.74) is 4.37. The van der Waals surface area contributed by atoms with E-state index in [1.165, 1.54) is 5.56 Å². The number of aromatic nitrogens is 1. The van der Waals surface area contributed by atoms with Crippen molar-refractivity contribution in [2.24, 2.45) is 0 Å². The molecule has 2 aromatic carbocycles. The van der Waals surface area contributed by atoms with Gasteiger partial charge >= 0.3 is 0 Å². The lowest BCUT2D eigenvalue weighted by atomic mass is 10.1. The summed E-state index contributed by atoms with van der Waals surface area (Å²) in [5.74, 6) is 0. The van der Waals surface area contributed by atoms with Gasteiger partial charge in [-0.15, -0.1) is 11.3 Å². The predicted octanol–water partition coefficient (Wildman–Crippen LogP) is 4.61. The number of nitrogens with one attached hydrogen (secondary N) is 2. The Morgan fingerprint density at radius 3 is 2.74 bits per heavy atom. The molecular formula is C18H17N3S2. The monoisotopic (exact) mass is 339 g/mol. The minimum atomic E-state index is 0.598. The normalized spacial score (nSPS) is 10.3. The van der Waals surface area contributed by atoms with Gasteiger partial charge < -0.3 is 10.6 Å². The summed E-state index contributed by atoms with van der Waals surface area (Å²) in [6.07, 6.45) is 0. The van der Waals surface area contributed by atoms with Gasteiger partial charge in [-0.05, 0) is 37.3 Å². The number of benzene rings is 2. The fourth-order valence-corrected chi connectivity index (χ4v) is 3.17. The second-order valence-corrected chi connectivity index (χ2v) is 6.45. The van der Waals surface area contributed by atoms with Gasteiger partial charge in [0, 0.05) is 16.6 Å². The molecule has 23 heavy (non-hydrogen) atoms. The van der Waals surface area contributed by atoms with E-state index in [2.05, 4.69) is 52.2 Å². The van der Waals surface area contributed by atoms with Gasteiger partial charge in [0.2, 0.25) is 0 Å². The smallest absolute Gasteiger partial charge is 0.171 e. The molecule has 116 valence electrons. The van der Waals surface area contributed by atoms with Crippen LogP contribution in [0.5, 0.6) is 0 Å². The van der Waals surface area contributed by atoms with Crippen molar-refractivity contribution in [3.8, 4) is 10.6 Å². The Bertz CT molecular complexity index is 797. The molecule has 5 heteroatoms. The molecule has 0 bridgehead atoms. The van der Waals surface area contributed by atoms with E-state index in [1.54, 1.807) is 11.3 Å². The first-order chi connectivity index (χ1) is 11.2. The molecule has 0 fully saturated rings. The number of thiocarbonyl (C=S) groups is 1. The number of anilines is 1. The Morgan fingerprint density at radius 1 is 1.13 bits per heavy atom. The molecule has 0 aliphatic carbocycles. The van der Waals surface area contributed by atoms with E-state index < -0.39 is 0 Å². The predicted molar refractivity (Wildman–Crippen MR) is 102 cm³/mol. The maximum Gasteiger partial charge on any atom is 0.171 e. The van der Waals surface area contributed by atoms with Crippen molar-refractivity contribution in [1.82, 2.24) is 10.3 Å². The molecule has 0 aliphatic heterocycles. The zero-order valence-electron chi connectivity index (χ0n) is 12.7. The average Bonchev–Trinajstić information content (AvgIpc) is 3.03. The fourth-order valence-electron chi connectivity index (χ4n) is 2.17. The summed E-state index contributed by atoms with van der Waals surface area (Å²) in [4.78, 5) is 4.67. The molecule has 1 aromatic heterocycles. The van der Waals surface area contributed by atoms with Crippen molar-refractivity contribution in [3.05, 3.63) is 71.2 Å². The lowest BCUT2D eigenvalue weighted by molar-refractivity contribution is 0.894. The Labute approximate surface area is 145 Å². The van der Waals surface area contributed by atoms with Crippen LogP contribution in [0, 0.1) is 6.92 Å². The van der Waals surface area contributed by atoms with Gasteiger partial charge in [-0.2, -0.15) is 0 Å². The van der Waals surface area contributed by atoms with Gasteiger partial charge in [0.05, 0.1) is 12.2 Å².